The molecule has 2 aliphatic rings. The lowest BCUT2D eigenvalue weighted by Gasteiger charge is -2.31. The number of nitrogens with two attached hydrogens (primary N) is 1. The predicted octanol–water partition coefficient (Wildman–Crippen LogP) is -0.787. The van der Waals surface area contributed by atoms with Crippen molar-refractivity contribution in [3.05, 3.63) is 47.9 Å². The maximum absolute atomic E-state index is 13.5. The van der Waals surface area contributed by atoms with E-state index >= 15 is 0 Å². The number of rotatable bonds is 6. The number of ketones is 1. The van der Waals surface area contributed by atoms with Crippen molar-refractivity contribution in [2.24, 2.45) is 18.7 Å². The van der Waals surface area contributed by atoms with Crippen molar-refractivity contribution < 1.29 is 36.4 Å². The molecule has 34 heavy (non-hydrogen) atoms. The van der Waals surface area contributed by atoms with Crippen LogP contribution in [0.4, 0.5) is 4.79 Å². The summed E-state index contributed by atoms with van der Waals surface area (Å²) in [4.78, 5) is 28.6. The summed E-state index contributed by atoms with van der Waals surface area (Å²) in [6.07, 6.45) is 4.15. The molecule has 1 aromatic carbocycles. The predicted molar refractivity (Wildman–Crippen MR) is 128 cm³/mol. The first-order chi connectivity index (χ1) is 15.3. The number of carbonyl (C=O) groups excluding carboxylic acids is 2. The van der Waals surface area contributed by atoms with Crippen LogP contribution in [0.5, 0.6) is 0 Å². The summed E-state index contributed by atoms with van der Waals surface area (Å²) in [5.41, 5.74) is 8.63. The number of quaternary nitrogens is 1. The van der Waals surface area contributed by atoms with Crippen LogP contribution in [0.3, 0.4) is 0 Å². The van der Waals surface area contributed by atoms with Crippen LogP contribution in [0.2, 0.25) is 0 Å². The Kier molecular flexibility index (Phi) is 9.42. The quantitative estimate of drug-likeness (QED) is 0.493. The van der Waals surface area contributed by atoms with E-state index in [1.54, 1.807) is 6.92 Å². The molecule has 0 spiro atoms. The molecule has 1 aromatic heterocycles. The molecule has 5 atom stereocenters. The number of fused-ring (bicyclic) bond motifs is 3. The Morgan fingerprint density at radius 1 is 1.26 bits per heavy atom. The Labute approximate surface area is 212 Å². The minimum Gasteiger partial charge on any atom is -1.00 e. The van der Waals surface area contributed by atoms with Crippen molar-refractivity contribution >= 4 is 35.2 Å². The average molecular weight is 513 g/mol. The molecule has 1 aliphatic heterocycles. The molecule has 0 saturated heterocycles. The molecular formula is C24H34Cl2N4O4. The first-order valence-corrected chi connectivity index (χ1v) is 11.3. The normalized spacial score (nSPS) is 23.0. The number of aromatic nitrogens is 1. The highest BCUT2D eigenvalue weighted by atomic mass is 35.5. The third-order valence-corrected chi connectivity index (χ3v) is 6.82. The van der Waals surface area contributed by atoms with Gasteiger partial charge < -0.3 is 32.2 Å². The summed E-state index contributed by atoms with van der Waals surface area (Å²) in [7, 11) is 2.05. The van der Waals surface area contributed by atoms with Crippen LogP contribution in [0.25, 0.3) is 10.9 Å². The molecule has 0 fully saturated rings. The molecule has 1 aliphatic carbocycles. The van der Waals surface area contributed by atoms with Gasteiger partial charge in [-0.15, -0.1) is 12.4 Å². The van der Waals surface area contributed by atoms with Gasteiger partial charge in [0.15, 0.2) is 18.2 Å². The minimum absolute atomic E-state index is 0. The number of para-hydroxylation sites is 1. The van der Waals surface area contributed by atoms with Gasteiger partial charge in [0, 0.05) is 42.7 Å². The molecule has 0 amide bonds. The molecule has 2 heterocycles. The van der Waals surface area contributed by atoms with Crippen LogP contribution < -0.4 is 23.0 Å². The van der Waals surface area contributed by atoms with Gasteiger partial charge in [-0.3, -0.25) is 14.6 Å². The van der Waals surface area contributed by atoms with Gasteiger partial charge in [0.2, 0.25) is 0 Å². The molecule has 8 nitrogen and oxygen atoms in total. The van der Waals surface area contributed by atoms with Crippen molar-refractivity contribution in [3.8, 4) is 0 Å². The highest BCUT2D eigenvalue weighted by Gasteiger charge is 2.38. The highest BCUT2D eigenvalue weighted by molar-refractivity contribution is 6.11. The van der Waals surface area contributed by atoms with E-state index in [2.05, 4.69) is 17.6 Å². The van der Waals surface area contributed by atoms with Gasteiger partial charge in [0.05, 0.1) is 18.7 Å². The maximum Gasteiger partial charge on any atom is 0.510 e. The maximum atomic E-state index is 13.5. The van der Waals surface area contributed by atoms with E-state index in [0.29, 0.717) is 6.54 Å². The zero-order valence-electron chi connectivity index (χ0n) is 20.0. The smallest absolute Gasteiger partial charge is 0.510 e. The summed E-state index contributed by atoms with van der Waals surface area (Å²) >= 11 is 0. The first-order valence-electron chi connectivity index (χ1n) is 11.3. The fraction of sp³-hybridized carbons (Fsp3) is 0.500. The van der Waals surface area contributed by atoms with Crippen LogP contribution >= 0.6 is 12.4 Å². The molecule has 3 N–H and O–H groups in total. The van der Waals surface area contributed by atoms with E-state index in [-0.39, 0.29) is 55.3 Å². The molecule has 188 valence electrons. The summed E-state index contributed by atoms with van der Waals surface area (Å²) in [6.45, 7) is 6.55. The van der Waals surface area contributed by atoms with Gasteiger partial charge in [-0.1, -0.05) is 18.2 Å². The standard InChI is InChI=1S/C24H32N4O4.2ClH/c1-15(13-25)31-24(30)32-17(3)28-12-11-27(16(28)2)14-18-9-10-21-22(23(18)29)19-7-5-6-8-20(19)26(21)4;;/h5-8,11-12,15-18H,9-10,13-14,25H2,1-4H3;2*1H. The number of aryl methyl sites for hydroxylation is 1. The molecule has 5 unspecified atom stereocenters. The number of benzene rings is 1. The number of Topliss-reactive ketones (excluding diaryl/α,β-unsaturated/α-hetero) is 1. The lowest BCUT2D eigenvalue weighted by atomic mass is 9.84. The second-order valence-electron chi connectivity index (χ2n) is 8.85. The van der Waals surface area contributed by atoms with E-state index in [9.17, 15) is 9.59 Å². The van der Waals surface area contributed by atoms with Gasteiger partial charge >= 0.3 is 6.16 Å². The zero-order chi connectivity index (χ0) is 23.0. The van der Waals surface area contributed by atoms with E-state index in [4.69, 9.17) is 15.2 Å². The SMILES string of the molecule is CC(CN)OC(=O)OC(C)N1C=C[NH+](CC2CCc3c(c4ccccc4n3C)C2=O)C1C.Cl.[Cl-]. The fourth-order valence-electron chi connectivity index (χ4n) is 4.90. The Morgan fingerprint density at radius 3 is 2.68 bits per heavy atom. The lowest BCUT2D eigenvalue weighted by Crippen LogP contribution is -3.12. The fourth-order valence-corrected chi connectivity index (χ4v) is 4.90. The van der Waals surface area contributed by atoms with Gasteiger partial charge in [0.25, 0.3) is 0 Å². The van der Waals surface area contributed by atoms with Crippen molar-refractivity contribution in [1.82, 2.24) is 9.47 Å². The summed E-state index contributed by atoms with van der Waals surface area (Å²) < 4.78 is 12.7. The summed E-state index contributed by atoms with van der Waals surface area (Å²) in [6, 6.07) is 8.13. The molecule has 10 heteroatoms. The van der Waals surface area contributed by atoms with Crippen LogP contribution in [-0.2, 0) is 22.9 Å². The van der Waals surface area contributed by atoms with Crippen LogP contribution in [0.1, 0.15) is 43.2 Å². The van der Waals surface area contributed by atoms with Crippen molar-refractivity contribution in [1.29, 1.82) is 0 Å². The number of carbonyl (C=O) groups is 2. The molecular weight excluding hydrogens is 479 g/mol. The van der Waals surface area contributed by atoms with Gasteiger partial charge in [-0.2, -0.15) is 0 Å². The molecule has 0 radical (unpaired) electrons. The Bertz CT molecular complexity index is 1060. The Morgan fingerprint density at radius 2 is 1.97 bits per heavy atom. The average Bonchev–Trinajstić information content (AvgIpc) is 3.28. The number of hydrogen-bond donors (Lipinski definition) is 2. The van der Waals surface area contributed by atoms with E-state index in [1.807, 2.05) is 49.5 Å². The molecule has 4 rings (SSSR count). The number of halogens is 2. The highest BCUT2D eigenvalue weighted by Crippen LogP contribution is 2.33. The van der Waals surface area contributed by atoms with E-state index in [1.165, 1.54) is 4.90 Å². The van der Waals surface area contributed by atoms with Crippen molar-refractivity contribution in [3.63, 3.8) is 0 Å². The summed E-state index contributed by atoms with van der Waals surface area (Å²) in [5, 5.41) is 1.05. The van der Waals surface area contributed by atoms with E-state index < -0.39 is 12.4 Å². The second-order valence-corrected chi connectivity index (χ2v) is 8.85. The minimum atomic E-state index is -0.726. The number of nitrogens with one attached hydrogen (secondary N) is 1. The largest absolute Gasteiger partial charge is 1.00 e. The van der Waals surface area contributed by atoms with Crippen molar-refractivity contribution in [2.45, 2.75) is 52.1 Å². The molecule has 0 saturated carbocycles. The zero-order valence-corrected chi connectivity index (χ0v) is 21.6. The lowest BCUT2D eigenvalue weighted by molar-refractivity contribution is -0.879. The Balaban J connectivity index is 0.00000204. The Hall–Kier alpha value is -2.26. The molecule has 2 aromatic rings. The number of nitrogens with zero attached hydrogens (tertiary/aromatic N) is 2. The topological polar surface area (TPSA) is 91.2 Å². The van der Waals surface area contributed by atoms with Gasteiger partial charge in [0.1, 0.15) is 12.3 Å². The molecule has 0 bridgehead atoms. The third kappa shape index (κ3) is 5.20. The van der Waals surface area contributed by atoms with Crippen LogP contribution in [0.15, 0.2) is 36.7 Å². The van der Waals surface area contributed by atoms with E-state index in [0.717, 1.165) is 35.0 Å². The monoisotopic (exact) mass is 512 g/mol. The van der Waals surface area contributed by atoms with Crippen LogP contribution in [0, 0.1) is 5.92 Å². The number of ether oxygens (including phenoxy) is 2. The van der Waals surface area contributed by atoms with Gasteiger partial charge in [-0.25, -0.2) is 4.79 Å². The van der Waals surface area contributed by atoms with Crippen LogP contribution in [-0.4, -0.2) is 53.0 Å². The summed E-state index contributed by atoms with van der Waals surface area (Å²) in [5.74, 6) is 0.195. The van der Waals surface area contributed by atoms with Crippen molar-refractivity contribution in [2.75, 3.05) is 13.1 Å². The first kappa shape index (κ1) is 28.0. The second kappa shape index (κ2) is 11.4. The number of hydrogen-bond acceptors (Lipinski definition) is 6. The van der Waals surface area contributed by atoms with Gasteiger partial charge in [-0.05, 0) is 32.8 Å². The third-order valence-electron chi connectivity index (χ3n) is 6.82.